The summed E-state index contributed by atoms with van der Waals surface area (Å²) in [4.78, 5) is 9.86. The van der Waals surface area contributed by atoms with Gasteiger partial charge in [0.2, 0.25) is 0 Å². The third-order valence-corrected chi connectivity index (χ3v) is 3.84. The SMILES string of the molecule is Cc1ncc(CNc2ccc(N)c3cccnc23)s1. The summed E-state index contributed by atoms with van der Waals surface area (Å²) in [6, 6.07) is 7.76. The molecule has 19 heavy (non-hydrogen) atoms. The topological polar surface area (TPSA) is 63.8 Å². The number of nitrogen functional groups attached to an aromatic ring is 1. The number of anilines is 2. The Hall–Kier alpha value is -2.14. The monoisotopic (exact) mass is 270 g/mol. The van der Waals surface area contributed by atoms with E-state index in [4.69, 9.17) is 5.73 Å². The third kappa shape index (κ3) is 2.37. The molecule has 3 rings (SSSR count). The summed E-state index contributed by atoms with van der Waals surface area (Å²) in [6.45, 7) is 2.76. The molecule has 2 heterocycles. The first-order valence-electron chi connectivity index (χ1n) is 6.02. The van der Waals surface area contributed by atoms with Crippen molar-refractivity contribution in [1.29, 1.82) is 0 Å². The molecule has 2 aromatic heterocycles. The molecule has 0 saturated heterocycles. The molecular weight excluding hydrogens is 256 g/mol. The van der Waals surface area contributed by atoms with Crippen LogP contribution in [-0.4, -0.2) is 9.97 Å². The summed E-state index contributed by atoms with van der Waals surface area (Å²) in [5, 5.41) is 5.46. The number of benzene rings is 1. The Balaban J connectivity index is 1.91. The summed E-state index contributed by atoms with van der Waals surface area (Å²) in [6.07, 6.45) is 3.68. The molecule has 0 aliphatic carbocycles. The number of nitrogens with two attached hydrogens (primary N) is 1. The van der Waals surface area contributed by atoms with Crippen LogP contribution in [0.5, 0.6) is 0 Å². The van der Waals surface area contributed by atoms with Crippen molar-refractivity contribution in [3.63, 3.8) is 0 Å². The Labute approximate surface area is 115 Å². The van der Waals surface area contributed by atoms with Crippen molar-refractivity contribution in [3.8, 4) is 0 Å². The highest BCUT2D eigenvalue weighted by atomic mass is 32.1. The standard InChI is InChI=1S/C14H14N4S/c1-9-17-7-10(19-9)8-18-13-5-4-12(15)11-3-2-6-16-14(11)13/h2-7,18H,8,15H2,1H3. The molecule has 0 spiro atoms. The minimum atomic E-state index is 0.751. The van der Waals surface area contributed by atoms with Gasteiger partial charge in [0.25, 0.3) is 0 Å². The van der Waals surface area contributed by atoms with Gasteiger partial charge in [-0.2, -0.15) is 0 Å². The Morgan fingerprint density at radius 3 is 2.95 bits per heavy atom. The molecule has 0 bridgehead atoms. The van der Waals surface area contributed by atoms with E-state index in [1.807, 2.05) is 37.4 Å². The number of rotatable bonds is 3. The molecule has 0 fully saturated rings. The normalized spacial score (nSPS) is 10.8. The second-order valence-electron chi connectivity index (χ2n) is 4.30. The van der Waals surface area contributed by atoms with E-state index in [0.717, 1.165) is 33.8 Å². The van der Waals surface area contributed by atoms with Crippen LogP contribution < -0.4 is 11.1 Å². The van der Waals surface area contributed by atoms with Crippen molar-refractivity contribution < 1.29 is 0 Å². The fraction of sp³-hybridized carbons (Fsp3) is 0.143. The minimum Gasteiger partial charge on any atom is -0.398 e. The van der Waals surface area contributed by atoms with E-state index in [0.29, 0.717) is 0 Å². The maximum atomic E-state index is 5.96. The van der Waals surface area contributed by atoms with E-state index < -0.39 is 0 Å². The smallest absolute Gasteiger partial charge is 0.0953 e. The Morgan fingerprint density at radius 2 is 2.16 bits per heavy atom. The second-order valence-corrected chi connectivity index (χ2v) is 5.62. The number of pyridine rings is 1. The molecular formula is C14H14N4S. The molecule has 96 valence electrons. The van der Waals surface area contributed by atoms with Crippen LogP contribution in [-0.2, 0) is 6.54 Å². The molecule has 3 N–H and O–H groups in total. The summed E-state index contributed by atoms with van der Waals surface area (Å²) < 4.78 is 0. The predicted octanol–water partition coefficient (Wildman–Crippen LogP) is 3.19. The van der Waals surface area contributed by atoms with Gasteiger partial charge in [-0.05, 0) is 31.2 Å². The largest absolute Gasteiger partial charge is 0.398 e. The van der Waals surface area contributed by atoms with Crippen LogP contribution >= 0.6 is 11.3 Å². The van der Waals surface area contributed by atoms with Gasteiger partial charge in [0.05, 0.1) is 22.8 Å². The fourth-order valence-electron chi connectivity index (χ4n) is 2.01. The number of aryl methyl sites for hydroxylation is 1. The number of aromatic nitrogens is 2. The van der Waals surface area contributed by atoms with Crippen molar-refractivity contribution in [2.75, 3.05) is 11.1 Å². The van der Waals surface area contributed by atoms with Crippen LogP contribution in [0.4, 0.5) is 11.4 Å². The number of nitrogens with one attached hydrogen (secondary N) is 1. The van der Waals surface area contributed by atoms with E-state index >= 15 is 0 Å². The molecule has 3 aromatic rings. The summed E-state index contributed by atoms with van der Waals surface area (Å²) in [5.41, 5.74) is 8.61. The van der Waals surface area contributed by atoms with E-state index in [9.17, 15) is 0 Å². The highest BCUT2D eigenvalue weighted by molar-refractivity contribution is 7.11. The Bertz CT molecular complexity index is 720. The van der Waals surface area contributed by atoms with Gasteiger partial charge in [-0.3, -0.25) is 4.98 Å². The van der Waals surface area contributed by atoms with Gasteiger partial charge in [-0.15, -0.1) is 11.3 Å². The zero-order chi connectivity index (χ0) is 13.2. The van der Waals surface area contributed by atoms with Gasteiger partial charge in [-0.1, -0.05) is 0 Å². The molecule has 0 aliphatic rings. The molecule has 0 radical (unpaired) electrons. The first-order valence-corrected chi connectivity index (χ1v) is 6.84. The second kappa shape index (κ2) is 4.85. The van der Waals surface area contributed by atoms with Crippen molar-refractivity contribution in [2.24, 2.45) is 0 Å². The van der Waals surface area contributed by atoms with Crippen LogP contribution in [0, 0.1) is 6.92 Å². The number of nitrogens with zero attached hydrogens (tertiary/aromatic N) is 2. The van der Waals surface area contributed by atoms with Crippen molar-refractivity contribution in [3.05, 3.63) is 46.5 Å². The highest BCUT2D eigenvalue weighted by Gasteiger charge is 2.05. The first-order chi connectivity index (χ1) is 9.24. The average molecular weight is 270 g/mol. The number of thiazole rings is 1. The van der Waals surface area contributed by atoms with Crippen LogP contribution in [0.1, 0.15) is 9.88 Å². The Morgan fingerprint density at radius 1 is 1.26 bits per heavy atom. The predicted molar refractivity (Wildman–Crippen MR) is 80.3 cm³/mol. The summed E-state index contributed by atoms with van der Waals surface area (Å²) in [5.74, 6) is 0. The van der Waals surface area contributed by atoms with Crippen LogP contribution in [0.2, 0.25) is 0 Å². The van der Waals surface area contributed by atoms with Crippen LogP contribution in [0.25, 0.3) is 10.9 Å². The summed E-state index contributed by atoms with van der Waals surface area (Å²) >= 11 is 1.70. The number of fused-ring (bicyclic) bond motifs is 1. The number of hydrogen-bond donors (Lipinski definition) is 2. The maximum Gasteiger partial charge on any atom is 0.0953 e. The molecule has 0 saturated carbocycles. The van der Waals surface area contributed by atoms with Crippen molar-refractivity contribution in [2.45, 2.75) is 13.5 Å². The van der Waals surface area contributed by atoms with Crippen LogP contribution in [0.15, 0.2) is 36.7 Å². The Kier molecular flexibility index (Phi) is 3.05. The third-order valence-electron chi connectivity index (χ3n) is 2.93. The number of hydrogen-bond acceptors (Lipinski definition) is 5. The van der Waals surface area contributed by atoms with Crippen molar-refractivity contribution >= 4 is 33.6 Å². The zero-order valence-corrected chi connectivity index (χ0v) is 11.4. The van der Waals surface area contributed by atoms with Gasteiger partial charge < -0.3 is 11.1 Å². The van der Waals surface area contributed by atoms with Crippen LogP contribution in [0.3, 0.4) is 0 Å². The van der Waals surface area contributed by atoms with Crippen molar-refractivity contribution in [1.82, 2.24) is 9.97 Å². The van der Waals surface area contributed by atoms with E-state index in [1.165, 1.54) is 4.88 Å². The minimum absolute atomic E-state index is 0.751. The first kappa shape index (κ1) is 11.9. The van der Waals surface area contributed by atoms with Gasteiger partial charge in [-0.25, -0.2) is 4.98 Å². The van der Waals surface area contributed by atoms with Gasteiger partial charge >= 0.3 is 0 Å². The van der Waals surface area contributed by atoms with Gasteiger partial charge in [0.15, 0.2) is 0 Å². The average Bonchev–Trinajstić information content (AvgIpc) is 2.84. The van der Waals surface area contributed by atoms with E-state index in [1.54, 1.807) is 17.5 Å². The highest BCUT2D eigenvalue weighted by Crippen LogP contribution is 2.26. The lowest BCUT2D eigenvalue weighted by atomic mass is 10.1. The summed E-state index contributed by atoms with van der Waals surface area (Å²) in [7, 11) is 0. The lowest BCUT2D eigenvalue weighted by Gasteiger charge is -2.09. The molecule has 4 nitrogen and oxygen atoms in total. The molecule has 1 aromatic carbocycles. The molecule has 0 aliphatic heterocycles. The van der Waals surface area contributed by atoms with Gasteiger partial charge in [0.1, 0.15) is 0 Å². The molecule has 0 atom stereocenters. The van der Waals surface area contributed by atoms with Gasteiger partial charge in [0, 0.05) is 28.3 Å². The maximum absolute atomic E-state index is 5.96. The quantitative estimate of drug-likeness (QED) is 0.717. The fourth-order valence-corrected chi connectivity index (χ4v) is 2.74. The van der Waals surface area contributed by atoms with E-state index in [2.05, 4.69) is 15.3 Å². The van der Waals surface area contributed by atoms with E-state index in [-0.39, 0.29) is 0 Å². The lowest BCUT2D eigenvalue weighted by Crippen LogP contribution is -2.00. The lowest BCUT2D eigenvalue weighted by molar-refractivity contribution is 1.17. The zero-order valence-electron chi connectivity index (χ0n) is 10.6. The molecule has 0 amide bonds. The molecule has 0 unspecified atom stereocenters. The molecule has 5 heteroatoms.